The molecule has 3 rings (SSSR count). The molecule has 0 atom stereocenters. The van der Waals surface area contributed by atoms with Crippen molar-refractivity contribution in [1.82, 2.24) is 5.48 Å². The van der Waals surface area contributed by atoms with Gasteiger partial charge in [0.15, 0.2) is 0 Å². The summed E-state index contributed by atoms with van der Waals surface area (Å²) >= 11 is 0. The second-order valence-corrected chi connectivity index (χ2v) is 5.51. The molecule has 108 valence electrons. The van der Waals surface area contributed by atoms with Crippen LogP contribution in [-0.4, -0.2) is 5.91 Å². The van der Waals surface area contributed by atoms with Gasteiger partial charge in [0, 0.05) is 0 Å². The first kappa shape index (κ1) is 13.8. The number of hydroxylamine groups is 1. The molecule has 0 radical (unpaired) electrons. The zero-order chi connectivity index (χ0) is 14.5. The SMILES string of the molecule is O=C(NOCc1ccccc1)C1(c2ccccc2)CCC1. The monoisotopic (exact) mass is 281 g/mol. The Morgan fingerprint density at radius 1 is 1.00 bits per heavy atom. The van der Waals surface area contributed by atoms with Gasteiger partial charge in [-0.05, 0) is 24.0 Å². The molecule has 0 unspecified atom stereocenters. The summed E-state index contributed by atoms with van der Waals surface area (Å²) in [7, 11) is 0. The van der Waals surface area contributed by atoms with Crippen molar-refractivity contribution in [2.75, 3.05) is 0 Å². The van der Waals surface area contributed by atoms with Crippen LogP contribution >= 0.6 is 0 Å². The average molecular weight is 281 g/mol. The van der Waals surface area contributed by atoms with E-state index in [0.29, 0.717) is 6.61 Å². The highest BCUT2D eigenvalue weighted by molar-refractivity contribution is 5.88. The number of rotatable bonds is 5. The lowest BCUT2D eigenvalue weighted by Crippen LogP contribution is -2.49. The second-order valence-electron chi connectivity index (χ2n) is 5.51. The molecular formula is C18H19NO2. The Labute approximate surface area is 124 Å². The first-order valence-electron chi connectivity index (χ1n) is 7.33. The maximum absolute atomic E-state index is 12.5. The number of carbonyl (C=O) groups is 1. The highest BCUT2D eigenvalue weighted by atomic mass is 16.6. The van der Waals surface area contributed by atoms with E-state index in [1.54, 1.807) is 0 Å². The van der Waals surface area contributed by atoms with Gasteiger partial charge in [-0.3, -0.25) is 9.63 Å². The number of hydrogen-bond acceptors (Lipinski definition) is 2. The summed E-state index contributed by atoms with van der Waals surface area (Å²) in [6, 6.07) is 19.8. The van der Waals surface area contributed by atoms with Gasteiger partial charge in [0.25, 0.3) is 5.91 Å². The number of benzene rings is 2. The van der Waals surface area contributed by atoms with Gasteiger partial charge in [-0.2, -0.15) is 0 Å². The number of carbonyl (C=O) groups excluding carboxylic acids is 1. The van der Waals surface area contributed by atoms with E-state index < -0.39 is 5.41 Å². The molecule has 1 aliphatic carbocycles. The van der Waals surface area contributed by atoms with Crippen molar-refractivity contribution in [2.24, 2.45) is 0 Å². The van der Waals surface area contributed by atoms with Crippen molar-refractivity contribution >= 4 is 5.91 Å². The van der Waals surface area contributed by atoms with Gasteiger partial charge in [-0.25, -0.2) is 5.48 Å². The Morgan fingerprint density at radius 2 is 1.62 bits per heavy atom. The number of hydrogen-bond donors (Lipinski definition) is 1. The van der Waals surface area contributed by atoms with Crippen molar-refractivity contribution in [2.45, 2.75) is 31.3 Å². The van der Waals surface area contributed by atoms with Gasteiger partial charge >= 0.3 is 0 Å². The standard InChI is InChI=1S/C18H19NO2/c20-17(19-21-14-15-8-3-1-4-9-15)18(12-7-13-18)16-10-5-2-6-11-16/h1-6,8-11H,7,12-14H2,(H,19,20). The quantitative estimate of drug-likeness (QED) is 0.853. The fraction of sp³-hybridized carbons (Fsp3) is 0.278. The maximum atomic E-state index is 12.5. The fourth-order valence-corrected chi connectivity index (χ4v) is 2.79. The van der Waals surface area contributed by atoms with E-state index in [4.69, 9.17) is 4.84 Å². The molecule has 2 aromatic rings. The maximum Gasteiger partial charge on any atom is 0.254 e. The van der Waals surface area contributed by atoms with Crippen molar-refractivity contribution in [1.29, 1.82) is 0 Å². The first-order valence-corrected chi connectivity index (χ1v) is 7.33. The molecule has 3 heteroatoms. The van der Waals surface area contributed by atoms with Crippen LogP contribution in [0, 0.1) is 0 Å². The van der Waals surface area contributed by atoms with Crippen molar-refractivity contribution in [3.8, 4) is 0 Å². The molecule has 1 saturated carbocycles. The third kappa shape index (κ3) is 2.83. The van der Waals surface area contributed by atoms with E-state index in [1.807, 2.05) is 60.7 Å². The Balaban J connectivity index is 1.62. The van der Waals surface area contributed by atoms with Crippen molar-refractivity contribution in [3.63, 3.8) is 0 Å². The largest absolute Gasteiger partial charge is 0.272 e. The molecule has 0 bridgehead atoms. The van der Waals surface area contributed by atoms with Gasteiger partial charge in [0.2, 0.25) is 0 Å². The van der Waals surface area contributed by atoms with E-state index >= 15 is 0 Å². The first-order chi connectivity index (χ1) is 10.3. The summed E-state index contributed by atoms with van der Waals surface area (Å²) in [5.74, 6) is -0.0316. The van der Waals surface area contributed by atoms with E-state index in [2.05, 4.69) is 5.48 Å². The van der Waals surface area contributed by atoms with Gasteiger partial charge in [0.05, 0.1) is 12.0 Å². The number of nitrogens with one attached hydrogen (secondary N) is 1. The molecule has 1 aliphatic rings. The summed E-state index contributed by atoms with van der Waals surface area (Å²) in [6.45, 7) is 0.386. The van der Waals surface area contributed by atoms with Crippen LogP contribution in [0.15, 0.2) is 60.7 Å². The van der Waals surface area contributed by atoms with Crippen LogP contribution in [0.5, 0.6) is 0 Å². The molecule has 1 fully saturated rings. The summed E-state index contributed by atoms with van der Waals surface area (Å²) in [4.78, 5) is 17.9. The smallest absolute Gasteiger partial charge is 0.254 e. The van der Waals surface area contributed by atoms with E-state index in [0.717, 1.165) is 30.4 Å². The van der Waals surface area contributed by atoms with Crippen LogP contribution in [-0.2, 0) is 21.7 Å². The van der Waals surface area contributed by atoms with E-state index in [1.165, 1.54) is 0 Å². The molecule has 21 heavy (non-hydrogen) atoms. The third-order valence-electron chi connectivity index (χ3n) is 4.21. The molecule has 3 nitrogen and oxygen atoms in total. The molecule has 0 aromatic heterocycles. The van der Waals surface area contributed by atoms with Crippen LogP contribution in [0.25, 0.3) is 0 Å². The number of amides is 1. The second kappa shape index (κ2) is 6.10. The van der Waals surface area contributed by atoms with Crippen LogP contribution in [0.4, 0.5) is 0 Å². The summed E-state index contributed by atoms with van der Waals surface area (Å²) in [5.41, 5.74) is 4.35. The molecule has 0 spiro atoms. The molecule has 1 amide bonds. The van der Waals surface area contributed by atoms with Gasteiger partial charge in [-0.1, -0.05) is 67.1 Å². The topological polar surface area (TPSA) is 38.3 Å². The normalized spacial score (nSPS) is 16.0. The Bertz CT molecular complexity index is 591. The molecule has 0 heterocycles. The molecule has 0 saturated heterocycles. The Hall–Kier alpha value is -2.13. The van der Waals surface area contributed by atoms with Crippen LogP contribution < -0.4 is 5.48 Å². The van der Waals surface area contributed by atoms with E-state index in [-0.39, 0.29) is 5.91 Å². The van der Waals surface area contributed by atoms with Crippen LogP contribution in [0.3, 0.4) is 0 Å². The Morgan fingerprint density at radius 3 is 2.19 bits per heavy atom. The minimum atomic E-state index is -0.405. The van der Waals surface area contributed by atoms with Gasteiger partial charge in [0.1, 0.15) is 0 Å². The van der Waals surface area contributed by atoms with Crippen molar-refractivity contribution < 1.29 is 9.63 Å². The third-order valence-corrected chi connectivity index (χ3v) is 4.21. The van der Waals surface area contributed by atoms with Crippen molar-refractivity contribution in [3.05, 3.63) is 71.8 Å². The Kier molecular flexibility index (Phi) is 4.02. The van der Waals surface area contributed by atoms with Gasteiger partial charge < -0.3 is 0 Å². The molecule has 2 aromatic carbocycles. The lowest BCUT2D eigenvalue weighted by molar-refractivity contribution is -0.144. The lowest BCUT2D eigenvalue weighted by atomic mass is 9.64. The highest BCUT2D eigenvalue weighted by Gasteiger charge is 2.45. The van der Waals surface area contributed by atoms with Crippen LogP contribution in [0.2, 0.25) is 0 Å². The minimum Gasteiger partial charge on any atom is -0.272 e. The zero-order valence-corrected chi connectivity index (χ0v) is 11.9. The predicted molar refractivity (Wildman–Crippen MR) is 81.3 cm³/mol. The van der Waals surface area contributed by atoms with Crippen LogP contribution in [0.1, 0.15) is 30.4 Å². The average Bonchev–Trinajstić information content (AvgIpc) is 2.48. The summed E-state index contributed by atoms with van der Waals surface area (Å²) < 4.78 is 0. The molecule has 0 aliphatic heterocycles. The van der Waals surface area contributed by atoms with E-state index in [9.17, 15) is 4.79 Å². The summed E-state index contributed by atoms with van der Waals surface area (Å²) in [5, 5.41) is 0. The fourth-order valence-electron chi connectivity index (χ4n) is 2.79. The van der Waals surface area contributed by atoms with Gasteiger partial charge in [-0.15, -0.1) is 0 Å². The minimum absolute atomic E-state index is 0.0316. The zero-order valence-electron chi connectivity index (χ0n) is 11.9. The molecule has 1 N–H and O–H groups in total. The predicted octanol–water partition coefficient (Wildman–Crippen LogP) is 3.36. The lowest BCUT2D eigenvalue weighted by Gasteiger charge is -2.40. The highest BCUT2D eigenvalue weighted by Crippen LogP contribution is 2.43. The molecular weight excluding hydrogens is 262 g/mol. The summed E-state index contributed by atoms with van der Waals surface area (Å²) in [6.07, 6.45) is 2.86.